The summed E-state index contributed by atoms with van der Waals surface area (Å²) >= 11 is 0. The molecule has 0 saturated carbocycles. The summed E-state index contributed by atoms with van der Waals surface area (Å²) in [5.41, 5.74) is 24.6. The number of nitrogen functional groups attached to an aromatic ring is 2. The molecule has 218 valence electrons. The maximum absolute atomic E-state index is 7.16. The quantitative estimate of drug-likeness (QED) is 0.213. The summed E-state index contributed by atoms with van der Waals surface area (Å²) in [5.74, 6) is 0. The molecule has 0 bridgehead atoms. The lowest BCUT2D eigenvalue weighted by atomic mass is 10.1. The van der Waals surface area contributed by atoms with Gasteiger partial charge in [0.15, 0.2) is 0 Å². The van der Waals surface area contributed by atoms with Crippen molar-refractivity contribution in [3.63, 3.8) is 0 Å². The Labute approximate surface area is 262 Å². The Bertz CT molecular complexity index is 2650. The second kappa shape index (κ2) is 9.06. The molecule has 0 atom stereocenters. The molecule has 0 radical (unpaired) electrons. The molecule has 10 aromatic rings. The lowest BCUT2D eigenvalue weighted by molar-refractivity contribution is 0.668. The molecule has 10 rings (SSSR count). The third-order valence-electron chi connectivity index (χ3n) is 9.29. The minimum absolute atomic E-state index is 0.665. The molecule has 0 aliphatic rings. The lowest BCUT2D eigenvalue weighted by Crippen LogP contribution is -2.05. The zero-order valence-corrected chi connectivity index (χ0v) is 24.6. The van der Waals surface area contributed by atoms with Gasteiger partial charge >= 0.3 is 0 Å². The molecular weight excluding hydrogens is 568 g/mol. The fraction of sp³-hybridized carbons (Fsp3) is 0. The van der Waals surface area contributed by atoms with Crippen LogP contribution in [0.15, 0.2) is 142 Å². The van der Waals surface area contributed by atoms with E-state index < -0.39 is 0 Å². The van der Waals surface area contributed by atoms with Gasteiger partial charge in [0.25, 0.3) is 0 Å². The predicted octanol–water partition coefficient (Wildman–Crippen LogP) is 10.2. The number of aromatic nitrogens is 2. The highest BCUT2D eigenvalue weighted by Crippen LogP contribution is 2.46. The predicted molar refractivity (Wildman–Crippen MR) is 189 cm³/mol. The molecule has 4 N–H and O–H groups in total. The van der Waals surface area contributed by atoms with Crippen LogP contribution in [0.25, 0.3) is 88.4 Å². The summed E-state index contributed by atoms with van der Waals surface area (Å²) in [4.78, 5) is 0. The van der Waals surface area contributed by atoms with E-state index in [9.17, 15) is 0 Å². The Morgan fingerprint density at radius 3 is 1.20 bits per heavy atom. The second-order valence-corrected chi connectivity index (χ2v) is 11.8. The van der Waals surface area contributed by atoms with E-state index >= 15 is 0 Å². The number of benzene rings is 6. The first-order valence-corrected chi connectivity index (χ1v) is 15.3. The first-order valence-electron chi connectivity index (χ1n) is 15.3. The molecule has 0 fully saturated rings. The van der Waals surface area contributed by atoms with E-state index in [1.807, 2.05) is 72.8 Å². The zero-order valence-electron chi connectivity index (χ0n) is 24.6. The number of nitrogens with zero attached hydrogens (tertiary/aromatic N) is 2. The highest BCUT2D eigenvalue weighted by atomic mass is 16.3. The van der Waals surface area contributed by atoms with E-state index in [0.717, 1.165) is 88.4 Å². The van der Waals surface area contributed by atoms with Crippen LogP contribution in [0.1, 0.15) is 0 Å². The van der Waals surface area contributed by atoms with Crippen molar-refractivity contribution in [2.75, 3.05) is 11.5 Å². The smallest absolute Gasteiger partial charge is 0.135 e. The number of nitrogens with two attached hydrogens (primary N) is 2. The normalized spacial score (nSPS) is 12.1. The molecule has 0 amide bonds. The average molecular weight is 595 g/mol. The third-order valence-corrected chi connectivity index (χ3v) is 9.29. The van der Waals surface area contributed by atoms with E-state index in [-0.39, 0.29) is 0 Å². The summed E-state index contributed by atoms with van der Waals surface area (Å²) in [5, 5.41) is 6.14. The van der Waals surface area contributed by atoms with Crippen LogP contribution in [-0.4, -0.2) is 9.13 Å². The summed E-state index contributed by atoms with van der Waals surface area (Å²) in [7, 11) is 0. The van der Waals surface area contributed by atoms with Crippen molar-refractivity contribution in [1.29, 1.82) is 0 Å². The van der Waals surface area contributed by atoms with Gasteiger partial charge in [0, 0.05) is 43.7 Å². The Kier molecular flexibility index (Phi) is 4.92. The van der Waals surface area contributed by atoms with Crippen LogP contribution in [0, 0.1) is 0 Å². The number of anilines is 2. The van der Waals surface area contributed by atoms with Gasteiger partial charge in [-0.05, 0) is 60.7 Å². The Balaban J connectivity index is 1.33. The number of hydrogen-bond donors (Lipinski definition) is 2. The average Bonchev–Trinajstić information content (AvgIpc) is 3.82. The van der Waals surface area contributed by atoms with Crippen LogP contribution in [0.5, 0.6) is 0 Å². The first kappa shape index (κ1) is 25.0. The van der Waals surface area contributed by atoms with Crippen molar-refractivity contribution in [1.82, 2.24) is 9.13 Å². The molecule has 0 aliphatic carbocycles. The molecule has 4 aromatic heterocycles. The van der Waals surface area contributed by atoms with Crippen LogP contribution < -0.4 is 11.5 Å². The number of rotatable bonds is 3. The van der Waals surface area contributed by atoms with Crippen LogP contribution >= 0.6 is 0 Å². The molecule has 6 aromatic carbocycles. The summed E-state index contributed by atoms with van der Waals surface area (Å²) < 4.78 is 16.8. The Morgan fingerprint density at radius 1 is 0.370 bits per heavy atom. The van der Waals surface area contributed by atoms with Crippen LogP contribution in [0.3, 0.4) is 0 Å². The fourth-order valence-corrected chi connectivity index (χ4v) is 7.24. The topological polar surface area (TPSA) is 88.2 Å². The van der Waals surface area contributed by atoms with Gasteiger partial charge in [-0.15, -0.1) is 0 Å². The molecule has 0 aliphatic heterocycles. The maximum atomic E-state index is 7.16. The van der Waals surface area contributed by atoms with E-state index in [1.165, 1.54) is 0 Å². The highest BCUT2D eigenvalue weighted by molar-refractivity contribution is 6.11. The largest absolute Gasteiger partial charge is 0.456 e. The van der Waals surface area contributed by atoms with Crippen LogP contribution in [-0.2, 0) is 0 Å². The van der Waals surface area contributed by atoms with Crippen molar-refractivity contribution in [3.05, 3.63) is 133 Å². The number of fused-ring (bicyclic) bond motifs is 8. The molecule has 0 unspecified atom stereocenters. The van der Waals surface area contributed by atoms with Gasteiger partial charge in [-0.25, -0.2) is 0 Å². The van der Waals surface area contributed by atoms with Gasteiger partial charge in [-0.1, -0.05) is 72.8 Å². The van der Waals surface area contributed by atoms with Crippen molar-refractivity contribution in [3.8, 4) is 22.8 Å². The fourth-order valence-electron chi connectivity index (χ4n) is 7.24. The SMILES string of the molecule is Nc1c(-c2c(N)c3ccccc3n2-c2ccc3oc4ccccc4c3c2)n(-c2ccc3oc4ccccc4c3c2)c2ccccc12. The van der Waals surface area contributed by atoms with Crippen molar-refractivity contribution >= 4 is 77.1 Å². The standard InChI is InChI=1S/C40H26N4O2/c41-37-27-11-1-5-13-31(27)43(23-17-19-35-29(21-23)25-9-3-7-15-33(25)45-35)39(37)40-38(42)28-12-2-6-14-32(28)44(40)24-18-20-36-30(22-24)26-10-4-8-16-34(26)46-36/h1-22H,41-42H2. The van der Waals surface area contributed by atoms with Gasteiger partial charge in [0.05, 0.1) is 33.8 Å². The molecule has 6 nitrogen and oxygen atoms in total. The summed E-state index contributed by atoms with van der Waals surface area (Å²) in [6, 6.07) is 45.4. The number of furan rings is 2. The van der Waals surface area contributed by atoms with Gasteiger partial charge in [-0.3, -0.25) is 0 Å². The van der Waals surface area contributed by atoms with Gasteiger partial charge in [0.2, 0.25) is 0 Å². The van der Waals surface area contributed by atoms with Gasteiger partial charge in [-0.2, -0.15) is 0 Å². The third kappa shape index (κ3) is 3.30. The van der Waals surface area contributed by atoms with Crippen molar-refractivity contribution in [2.45, 2.75) is 0 Å². The van der Waals surface area contributed by atoms with Crippen LogP contribution in [0.2, 0.25) is 0 Å². The minimum atomic E-state index is 0.665. The van der Waals surface area contributed by atoms with Crippen molar-refractivity contribution in [2.24, 2.45) is 0 Å². The molecule has 0 spiro atoms. The lowest BCUT2D eigenvalue weighted by Gasteiger charge is -2.16. The molecular formula is C40H26N4O2. The van der Waals surface area contributed by atoms with E-state index in [2.05, 4.69) is 69.8 Å². The van der Waals surface area contributed by atoms with E-state index in [1.54, 1.807) is 0 Å². The zero-order chi connectivity index (χ0) is 30.5. The maximum Gasteiger partial charge on any atom is 0.135 e. The summed E-state index contributed by atoms with van der Waals surface area (Å²) in [6.07, 6.45) is 0. The molecule has 46 heavy (non-hydrogen) atoms. The van der Waals surface area contributed by atoms with Crippen molar-refractivity contribution < 1.29 is 8.83 Å². The first-order chi connectivity index (χ1) is 22.7. The highest BCUT2D eigenvalue weighted by Gasteiger charge is 2.27. The van der Waals surface area contributed by atoms with Gasteiger partial charge < -0.3 is 29.4 Å². The van der Waals surface area contributed by atoms with Crippen LogP contribution in [0.4, 0.5) is 11.4 Å². The van der Waals surface area contributed by atoms with E-state index in [4.69, 9.17) is 20.3 Å². The minimum Gasteiger partial charge on any atom is -0.456 e. The molecule has 0 saturated heterocycles. The number of hydrogen-bond acceptors (Lipinski definition) is 4. The molecule has 4 heterocycles. The van der Waals surface area contributed by atoms with E-state index in [0.29, 0.717) is 11.4 Å². The second-order valence-electron chi connectivity index (χ2n) is 11.8. The summed E-state index contributed by atoms with van der Waals surface area (Å²) in [6.45, 7) is 0. The van der Waals surface area contributed by atoms with Gasteiger partial charge in [0.1, 0.15) is 22.3 Å². The number of para-hydroxylation sites is 4. The molecule has 6 heteroatoms. The Hall–Kier alpha value is -6.40. The Morgan fingerprint density at radius 2 is 0.739 bits per heavy atom. The monoisotopic (exact) mass is 594 g/mol.